The molecule has 0 radical (unpaired) electrons. The SMILES string of the molecule is Cc1ccc(/C=C/C(=O)OCC(=O)c2ccc(NS(C)(=O)=O)cc2)cc1Cl. The molecular weight excluding hydrogens is 390 g/mol. The molecule has 8 heteroatoms. The van der Waals surface area contributed by atoms with E-state index in [1.165, 1.54) is 30.3 Å². The third-order valence-corrected chi connectivity index (χ3v) is 4.48. The molecule has 0 heterocycles. The minimum absolute atomic E-state index is 0.302. The van der Waals surface area contributed by atoms with E-state index in [0.717, 1.165) is 17.4 Å². The van der Waals surface area contributed by atoms with Crippen molar-refractivity contribution in [3.8, 4) is 0 Å². The van der Waals surface area contributed by atoms with Gasteiger partial charge in [-0.1, -0.05) is 23.7 Å². The Kier molecular flexibility index (Phi) is 6.76. The van der Waals surface area contributed by atoms with Gasteiger partial charge in [-0.15, -0.1) is 0 Å². The Bertz CT molecular complexity index is 982. The van der Waals surface area contributed by atoms with Crippen molar-refractivity contribution in [1.29, 1.82) is 0 Å². The summed E-state index contributed by atoms with van der Waals surface area (Å²) < 4.78 is 29.5. The second-order valence-corrected chi connectivity index (χ2v) is 7.98. The zero-order valence-electron chi connectivity index (χ0n) is 14.7. The lowest BCUT2D eigenvalue weighted by Gasteiger charge is -2.05. The highest BCUT2D eigenvalue weighted by Gasteiger charge is 2.09. The number of ether oxygens (including phenoxy) is 1. The summed E-state index contributed by atoms with van der Waals surface area (Å²) in [5.41, 5.74) is 2.31. The van der Waals surface area contributed by atoms with E-state index in [-0.39, 0.29) is 0 Å². The number of rotatable bonds is 7. The Labute approximate surface area is 162 Å². The molecule has 0 aliphatic carbocycles. The Morgan fingerprint density at radius 2 is 1.81 bits per heavy atom. The molecule has 142 valence electrons. The molecule has 6 nitrogen and oxygen atoms in total. The molecule has 0 fully saturated rings. The van der Waals surface area contributed by atoms with E-state index in [0.29, 0.717) is 16.3 Å². The number of esters is 1. The van der Waals surface area contributed by atoms with Gasteiger partial charge in [0.1, 0.15) is 0 Å². The fraction of sp³-hybridized carbons (Fsp3) is 0.158. The van der Waals surface area contributed by atoms with Crippen LogP contribution in [0.2, 0.25) is 5.02 Å². The predicted molar refractivity (Wildman–Crippen MR) is 105 cm³/mol. The lowest BCUT2D eigenvalue weighted by molar-refractivity contribution is -0.136. The van der Waals surface area contributed by atoms with Crippen molar-refractivity contribution in [3.63, 3.8) is 0 Å². The molecule has 0 amide bonds. The quantitative estimate of drug-likeness (QED) is 0.431. The summed E-state index contributed by atoms with van der Waals surface area (Å²) in [6.45, 7) is 1.45. The highest BCUT2D eigenvalue weighted by Crippen LogP contribution is 2.17. The summed E-state index contributed by atoms with van der Waals surface area (Å²) in [5, 5.41) is 0.592. The van der Waals surface area contributed by atoms with E-state index in [1.807, 2.05) is 19.1 Å². The standard InChI is InChI=1S/C19H18ClNO5S/c1-13-3-4-14(11-17(13)20)5-10-19(23)26-12-18(22)15-6-8-16(9-7-15)21-27(2,24)25/h3-11,21H,12H2,1-2H3/b10-5+. The summed E-state index contributed by atoms with van der Waals surface area (Å²) in [5.74, 6) is -1.06. The van der Waals surface area contributed by atoms with E-state index in [4.69, 9.17) is 16.3 Å². The van der Waals surface area contributed by atoms with E-state index in [9.17, 15) is 18.0 Å². The van der Waals surface area contributed by atoms with Crippen LogP contribution in [0.25, 0.3) is 6.08 Å². The third kappa shape index (κ3) is 6.88. The zero-order valence-corrected chi connectivity index (χ0v) is 16.3. The Morgan fingerprint density at radius 3 is 2.41 bits per heavy atom. The van der Waals surface area contributed by atoms with Gasteiger partial charge in [-0.2, -0.15) is 0 Å². The van der Waals surface area contributed by atoms with Crippen LogP contribution in [-0.4, -0.2) is 33.0 Å². The summed E-state index contributed by atoms with van der Waals surface area (Å²) >= 11 is 6.01. The Hall–Kier alpha value is -2.64. The molecule has 2 aromatic rings. The van der Waals surface area contributed by atoms with Crippen LogP contribution in [0.1, 0.15) is 21.5 Å². The smallest absolute Gasteiger partial charge is 0.331 e. The van der Waals surface area contributed by atoms with Crippen molar-refractivity contribution < 1.29 is 22.7 Å². The first-order valence-corrected chi connectivity index (χ1v) is 10.1. The maximum absolute atomic E-state index is 12.0. The molecule has 0 aliphatic rings. The van der Waals surface area contributed by atoms with Gasteiger partial charge in [0, 0.05) is 22.3 Å². The molecule has 0 bridgehead atoms. The minimum atomic E-state index is -3.39. The monoisotopic (exact) mass is 407 g/mol. The molecule has 1 N–H and O–H groups in total. The fourth-order valence-corrected chi connectivity index (χ4v) is 2.84. The first kappa shape index (κ1) is 20.7. The lowest BCUT2D eigenvalue weighted by atomic mass is 10.1. The van der Waals surface area contributed by atoms with Gasteiger partial charge < -0.3 is 4.74 Å². The number of Topliss-reactive ketones (excluding diaryl/α,β-unsaturated/α-hetero) is 1. The number of carbonyl (C=O) groups excluding carboxylic acids is 2. The topological polar surface area (TPSA) is 89.5 Å². The zero-order chi connectivity index (χ0) is 20.0. The molecule has 0 aliphatic heterocycles. The third-order valence-electron chi connectivity index (χ3n) is 3.46. The van der Waals surface area contributed by atoms with Gasteiger partial charge in [0.25, 0.3) is 0 Å². The molecule has 0 saturated heterocycles. The van der Waals surface area contributed by atoms with Crippen molar-refractivity contribution in [1.82, 2.24) is 0 Å². The van der Waals surface area contributed by atoms with Crippen LogP contribution in [0.4, 0.5) is 5.69 Å². The first-order chi connectivity index (χ1) is 12.6. The molecule has 0 aromatic heterocycles. The summed E-state index contributed by atoms with van der Waals surface area (Å²) in [4.78, 5) is 23.8. The number of nitrogens with one attached hydrogen (secondary N) is 1. The first-order valence-electron chi connectivity index (χ1n) is 7.86. The normalized spacial score (nSPS) is 11.4. The average Bonchev–Trinajstić information content (AvgIpc) is 2.60. The molecule has 0 atom stereocenters. The van der Waals surface area contributed by atoms with Gasteiger partial charge in [0.2, 0.25) is 10.0 Å². The van der Waals surface area contributed by atoms with Crippen LogP contribution in [0.3, 0.4) is 0 Å². The average molecular weight is 408 g/mol. The predicted octanol–water partition coefficient (Wildman–Crippen LogP) is 3.46. The number of anilines is 1. The van der Waals surface area contributed by atoms with Gasteiger partial charge in [-0.3, -0.25) is 9.52 Å². The second-order valence-electron chi connectivity index (χ2n) is 5.82. The molecule has 2 rings (SSSR count). The second kappa shape index (κ2) is 8.83. The van der Waals surface area contributed by atoms with Gasteiger partial charge in [0.15, 0.2) is 12.4 Å². The Balaban J connectivity index is 1.89. The number of benzene rings is 2. The van der Waals surface area contributed by atoms with E-state index >= 15 is 0 Å². The van der Waals surface area contributed by atoms with Crippen molar-refractivity contribution >= 4 is 45.1 Å². The Morgan fingerprint density at radius 1 is 1.15 bits per heavy atom. The van der Waals surface area contributed by atoms with Crippen LogP contribution in [-0.2, 0) is 19.6 Å². The van der Waals surface area contributed by atoms with Crippen molar-refractivity contribution in [2.24, 2.45) is 0 Å². The molecule has 0 unspecified atom stereocenters. The number of halogens is 1. The largest absolute Gasteiger partial charge is 0.454 e. The summed E-state index contributed by atoms with van der Waals surface area (Å²) in [6.07, 6.45) is 3.79. The fourth-order valence-electron chi connectivity index (χ4n) is 2.08. The van der Waals surface area contributed by atoms with Crippen LogP contribution >= 0.6 is 11.6 Å². The molecule has 2 aromatic carbocycles. The molecule has 0 saturated carbocycles. The van der Waals surface area contributed by atoms with Crippen LogP contribution in [0.15, 0.2) is 48.5 Å². The van der Waals surface area contributed by atoms with Gasteiger partial charge in [-0.05, 0) is 54.5 Å². The maximum Gasteiger partial charge on any atom is 0.331 e. The minimum Gasteiger partial charge on any atom is -0.454 e. The highest BCUT2D eigenvalue weighted by molar-refractivity contribution is 7.92. The van der Waals surface area contributed by atoms with Gasteiger partial charge in [0.05, 0.1) is 6.26 Å². The number of hydrogen-bond acceptors (Lipinski definition) is 5. The number of ketones is 1. The number of hydrogen-bond donors (Lipinski definition) is 1. The van der Waals surface area contributed by atoms with E-state index < -0.39 is 28.4 Å². The van der Waals surface area contributed by atoms with Crippen LogP contribution < -0.4 is 4.72 Å². The van der Waals surface area contributed by atoms with Crippen molar-refractivity contribution in [3.05, 3.63) is 70.3 Å². The molecule has 0 spiro atoms. The summed E-state index contributed by atoms with van der Waals surface area (Å²) in [7, 11) is -3.39. The van der Waals surface area contributed by atoms with Crippen LogP contribution in [0, 0.1) is 6.92 Å². The van der Waals surface area contributed by atoms with Crippen molar-refractivity contribution in [2.75, 3.05) is 17.6 Å². The molecular formula is C19H18ClNO5S. The number of sulfonamides is 1. The van der Waals surface area contributed by atoms with Crippen LogP contribution in [0.5, 0.6) is 0 Å². The van der Waals surface area contributed by atoms with Gasteiger partial charge >= 0.3 is 5.97 Å². The van der Waals surface area contributed by atoms with E-state index in [2.05, 4.69) is 4.72 Å². The number of aryl methyl sites for hydroxylation is 1. The lowest BCUT2D eigenvalue weighted by Crippen LogP contribution is -2.13. The van der Waals surface area contributed by atoms with E-state index in [1.54, 1.807) is 12.1 Å². The maximum atomic E-state index is 12.0. The number of carbonyl (C=O) groups is 2. The van der Waals surface area contributed by atoms with Gasteiger partial charge in [-0.25, -0.2) is 13.2 Å². The summed E-state index contributed by atoms with van der Waals surface area (Å²) in [6, 6.07) is 11.2. The molecule has 27 heavy (non-hydrogen) atoms. The highest BCUT2D eigenvalue weighted by atomic mass is 35.5. The van der Waals surface area contributed by atoms with Crippen molar-refractivity contribution in [2.45, 2.75) is 6.92 Å².